The zero-order valence-electron chi connectivity index (χ0n) is 12.1. The molecule has 2 aromatic rings. The summed E-state index contributed by atoms with van der Waals surface area (Å²) in [7, 11) is 0. The second-order valence-corrected chi connectivity index (χ2v) is 6.51. The fourth-order valence-electron chi connectivity index (χ4n) is 2.73. The first-order chi connectivity index (χ1) is 9.79. The van der Waals surface area contributed by atoms with Gasteiger partial charge >= 0.3 is 0 Å². The first-order valence-electron chi connectivity index (χ1n) is 7.42. The van der Waals surface area contributed by atoms with Gasteiger partial charge in [-0.15, -0.1) is 11.3 Å². The molecule has 3 rings (SSSR count). The van der Waals surface area contributed by atoms with Gasteiger partial charge < -0.3 is 5.32 Å². The Morgan fingerprint density at radius 3 is 3.05 bits per heavy atom. The number of aryl methyl sites for hydroxylation is 3. The summed E-state index contributed by atoms with van der Waals surface area (Å²) in [4.78, 5) is 10.7. The Morgan fingerprint density at radius 2 is 2.30 bits per heavy atom. The lowest BCUT2D eigenvalue weighted by Crippen LogP contribution is -2.24. The average Bonchev–Trinajstić information content (AvgIpc) is 3.02. The van der Waals surface area contributed by atoms with Gasteiger partial charge in [0.05, 0.1) is 11.7 Å². The second-order valence-electron chi connectivity index (χ2n) is 5.39. The number of aromatic nitrogens is 2. The molecule has 106 valence electrons. The highest BCUT2D eigenvalue weighted by atomic mass is 32.1. The topological polar surface area (TPSA) is 37.8 Å². The summed E-state index contributed by atoms with van der Waals surface area (Å²) >= 11 is 1.88. The van der Waals surface area contributed by atoms with Crippen LogP contribution in [0.5, 0.6) is 0 Å². The fourth-order valence-corrected chi connectivity index (χ4v) is 3.98. The number of rotatable bonds is 5. The Labute approximate surface area is 124 Å². The number of hydrogen-bond acceptors (Lipinski definition) is 4. The third-order valence-electron chi connectivity index (χ3n) is 3.85. The van der Waals surface area contributed by atoms with Crippen molar-refractivity contribution in [3.8, 4) is 0 Å². The van der Waals surface area contributed by atoms with Gasteiger partial charge in [0.25, 0.3) is 0 Å². The van der Waals surface area contributed by atoms with Crippen LogP contribution < -0.4 is 5.32 Å². The highest BCUT2D eigenvalue weighted by Crippen LogP contribution is 2.33. The minimum absolute atomic E-state index is 0.194. The van der Waals surface area contributed by atoms with Crippen molar-refractivity contribution in [2.75, 3.05) is 6.54 Å². The van der Waals surface area contributed by atoms with E-state index in [1.165, 1.54) is 39.5 Å². The Bertz CT molecular complexity index is 570. The number of fused-ring (bicyclic) bond motifs is 1. The summed E-state index contributed by atoms with van der Waals surface area (Å²) in [6, 6.07) is 2.27. The van der Waals surface area contributed by atoms with Gasteiger partial charge in [-0.3, -0.25) is 4.98 Å². The highest BCUT2D eigenvalue weighted by molar-refractivity contribution is 7.11. The minimum Gasteiger partial charge on any atom is -0.304 e. The van der Waals surface area contributed by atoms with Crippen molar-refractivity contribution in [3.63, 3.8) is 0 Å². The molecule has 0 spiro atoms. The Balaban J connectivity index is 1.95. The van der Waals surface area contributed by atoms with E-state index in [0.717, 1.165) is 19.4 Å². The van der Waals surface area contributed by atoms with Gasteiger partial charge in [0, 0.05) is 17.3 Å². The third-order valence-corrected chi connectivity index (χ3v) is 5.07. The summed E-state index contributed by atoms with van der Waals surface area (Å²) in [6.45, 7) is 5.35. The van der Waals surface area contributed by atoms with Crippen molar-refractivity contribution in [3.05, 3.63) is 45.2 Å². The lowest BCUT2D eigenvalue weighted by Gasteiger charge is -2.18. The van der Waals surface area contributed by atoms with Gasteiger partial charge in [0.1, 0.15) is 5.01 Å². The molecule has 20 heavy (non-hydrogen) atoms. The Morgan fingerprint density at radius 1 is 1.40 bits per heavy atom. The van der Waals surface area contributed by atoms with Crippen LogP contribution >= 0.6 is 11.3 Å². The lowest BCUT2D eigenvalue weighted by molar-refractivity contribution is 0.590. The summed E-state index contributed by atoms with van der Waals surface area (Å²) in [5.41, 5.74) is 3.87. The van der Waals surface area contributed by atoms with E-state index in [-0.39, 0.29) is 6.04 Å². The predicted molar refractivity (Wildman–Crippen MR) is 83.2 cm³/mol. The zero-order valence-corrected chi connectivity index (χ0v) is 13.0. The highest BCUT2D eigenvalue weighted by Gasteiger charge is 2.23. The number of thiazole rings is 1. The molecule has 0 saturated heterocycles. The molecule has 0 amide bonds. The maximum atomic E-state index is 4.89. The molecule has 1 N–H and O–H groups in total. The van der Waals surface area contributed by atoms with Gasteiger partial charge in [-0.1, -0.05) is 6.92 Å². The molecule has 0 radical (unpaired) electrons. The maximum Gasteiger partial charge on any atom is 0.115 e. The van der Waals surface area contributed by atoms with E-state index in [1.807, 2.05) is 23.7 Å². The molecule has 4 heteroatoms. The second kappa shape index (κ2) is 6.02. The quantitative estimate of drug-likeness (QED) is 0.915. The van der Waals surface area contributed by atoms with E-state index < -0.39 is 0 Å². The Hall–Kier alpha value is -1.26. The van der Waals surface area contributed by atoms with E-state index in [2.05, 4.69) is 30.2 Å². The molecule has 1 aliphatic carbocycles. The summed E-state index contributed by atoms with van der Waals surface area (Å²) in [5, 5.41) is 4.85. The van der Waals surface area contributed by atoms with Crippen molar-refractivity contribution < 1.29 is 0 Å². The number of nitrogens with one attached hydrogen (secondary N) is 1. The molecule has 2 heterocycles. The molecule has 0 aliphatic heterocycles. The van der Waals surface area contributed by atoms with Gasteiger partial charge in [-0.2, -0.15) is 0 Å². The van der Waals surface area contributed by atoms with Crippen molar-refractivity contribution in [1.29, 1.82) is 0 Å². The molecule has 0 aromatic carbocycles. The monoisotopic (exact) mass is 287 g/mol. The smallest absolute Gasteiger partial charge is 0.115 e. The van der Waals surface area contributed by atoms with Crippen LogP contribution in [0.15, 0.2) is 18.5 Å². The minimum atomic E-state index is 0.194. The first-order valence-corrected chi connectivity index (χ1v) is 8.23. The molecule has 0 fully saturated rings. The largest absolute Gasteiger partial charge is 0.304 e. The van der Waals surface area contributed by atoms with Gasteiger partial charge in [-0.25, -0.2) is 4.98 Å². The number of nitrogens with zero attached hydrogens (tertiary/aromatic N) is 2. The van der Waals surface area contributed by atoms with E-state index >= 15 is 0 Å². The summed E-state index contributed by atoms with van der Waals surface area (Å²) in [6.07, 6.45) is 8.60. The van der Waals surface area contributed by atoms with Crippen LogP contribution in [0.1, 0.15) is 52.5 Å². The molecule has 2 aromatic heterocycles. The van der Waals surface area contributed by atoms with E-state index in [4.69, 9.17) is 4.98 Å². The van der Waals surface area contributed by atoms with Crippen LogP contribution in [0.2, 0.25) is 0 Å². The van der Waals surface area contributed by atoms with Crippen molar-refractivity contribution in [2.45, 2.75) is 45.6 Å². The van der Waals surface area contributed by atoms with Crippen LogP contribution in [0.4, 0.5) is 0 Å². The molecule has 1 atom stereocenters. The van der Waals surface area contributed by atoms with Crippen molar-refractivity contribution in [2.24, 2.45) is 0 Å². The average molecular weight is 287 g/mol. The zero-order chi connectivity index (χ0) is 13.9. The van der Waals surface area contributed by atoms with E-state index in [0.29, 0.717) is 0 Å². The van der Waals surface area contributed by atoms with Gasteiger partial charge in [0.2, 0.25) is 0 Å². The molecular formula is C16H21N3S. The lowest BCUT2D eigenvalue weighted by atomic mass is 10.0. The summed E-state index contributed by atoms with van der Waals surface area (Å²) in [5.74, 6) is 0. The SMILES string of the molecule is CCCNC(c1nc2c(s1)CCC2)c1cnccc1C. The maximum absolute atomic E-state index is 4.89. The van der Waals surface area contributed by atoms with Crippen molar-refractivity contribution in [1.82, 2.24) is 15.3 Å². The molecule has 3 nitrogen and oxygen atoms in total. The molecule has 0 saturated carbocycles. The molecule has 0 bridgehead atoms. The summed E-state index contributed by atoms with van der Waals surface area (Å²) < 4.78 is 0. The van der Waals surface area contributed by atoms with E-state index in [9.17, 15) is 0 Å². The van der Waals surface area contributed by atoms with Crippen LogP contribution in [0.3, 0.4) is 0 Å². The van der Waals surface area contributed by atoms with Gasteiger partial charge in [-0.05, 0) is 56.3 Å². The number of pyridine rings is 1. The molecule has 1 unspecified atom stereocenters. The van der Waals surface area contributed by atoms with Crippen LogP contribution in [0, 0.1) is 6.92 Å². The fraction of sp³-hybridized carbons (Fsp3) is 0.500. The Kier molecular flexibility index (Phi) is 4.13. The van der Waals surface area contributed by atoms with Crippen molar-refractivity contribution >= 4 is 11.3 Å². The standard InChI is InChI=1S/C16H21N3S/c1-3-8-18-15(12-10-17-9-7-11(12)2)16-19-13-5-4-6-14(13)20-16/h7,9-10,15,18H,3-6,8H2,1-2H3. The molecular weight excluding hydrogens is 266 g/mol. The third kappa shape index (κ3) is 2.63. The van der Waals surface area contributed by atoms with Crippen LogP contribution in [-0.4, -0.2) is 16.5 Å². The number of hydrogen-bond donors (Lipinski definition) is 1. The van der Waals surface area contributed by atoms with Crippen LogP contribution in [-0.2, 0) is 12.8 Å². The van der Waals surface area contributed by atoms with Gasteiger partial charge in [0.15, 0.2) is 0 Å². The van der Waals surface area contributed by atoms with Crippen LogP contribution in [0.25, 0.3) is 0 Å². The molecule has 1 aliphatic rings. The normalized spacial score (nSPS) is 15.3. The predicted octanol–water partition coefficient (Wildman–Crippen LogP) is 3.42. The van der Waals surface area contributed by atoms with E-state index in [1.54, 1.807) is 0 Å². The first kappa shape index (κ1) is 13.7.